The number of nitrogens with zero attached hydrogens (tertiary/aromatic N) is 2. The molecule has 19 heavy (non-hydrogen) atoms. The van der Waals surface area contributed by atoms with Crippen LogP contribution >= 0.6 is 0 Å². The summed E-state index contributed by atoms with van der Waals surface area (Å²) in [7, 11) is 0. The van der Waals surface area contributed by atoms with Gasteiger partial charge < -0.3 is 5.32 Å². The third-order valence-corrected chi connectivity index (χ3v) is 3.31. The van der Waals surface area contributed by atoms with Crippen LogP contribution in [0.2, 0.25) is 0 Å². The quantitative estimate of drug-likeness (QED) is 0.861. The zero-order valence-electron chi connectivity index (χ0n) is 12.1. The van der Waals surface area contributed by atoms with Crippen LogP contribution in [0.5, 0.6) is 0 Å². The molecule has 4 nitrogen and oxygen atoms in total. The topological polar surface area (TPSA) is 53.6 Å². The lowest BCUT2D eigenvalue weighted by atomic mass is 10.0. The summed E-state index contributed by atoms with van der Waals surface area (Å²) >= 11 is 0. The summed E-state index contributed by atoms with van der Waals surface area (Å²) in [5, 5.41) is 10.7. The zero-order valence-corrected chi connectivity index (χ0v) is 12.1. The summed E-state index contributed by atoms with van der Waals surface area (Å²) in [6.45, 7) is 8.60. The molecule has 2 N–H and O–H groups in total. The Kier molecular flexibility index (Phi) is 4.20. The molecular weight excluding hydrogens is 236 g/mol. The van der Waals surface area contributed by atoms with E-state index in [2.05, 4.69) is 53.4 Å². The predicted octanol–water partition coefficient (Wildman–Crippen LogP) is 3.63. The molecule has 1 heterocycles. The highest BCUT2D eigenvalue weighted by Crippen LogP contribution is 2.21. The Hall–Kier alpha value is -1.84. The van der Waals surface area contributed by atoms with Crippen LogP contribution in [-0.2, 0) is 0 Å². The van der Waals surface area contributed by atoms with E-state index in [1.54, 1.807) is 0 Å². The maximum absolute atomic E-state index is 4.36. The van der Waals surface area contributed by atoms with Crippen molar-refractivity contribution >= 4 is 5.69 Å². The lowest BCUT2D eigenvalue weighted by Gasteiger charge is -2.22. The molecule has 102 valence electrons. The monoisotopic (exact) mass is 258 g/mol. The summed E-state index contributed by atoms with van der Waals surface area (Å²) in [5.41, 5.74) is 2.16. The molecule has 0 amide bonds. The first kappa shape index (κ1) is 13.6. The number of aromatic amines is 1. The van der Waals surface area contributed by atoms with Gasteiger partial charge in [0, 0.05) is 17.3 Å². The smallest absolute Gasteiger partial charge is 0.181 e. The number of hydrogen-bond acceptors (Lipinski definition) is 3. The fraction of sp³-hybridized carbons (Fsp3) is 0.467. The molecule has 4 heteroatoms. The molecule has 0 saturated heterocycles. The molecule has 0 spiro atoms. The molecule has 0 fully saturated rings. The molecule has 2 aromatic rings. The van der Waals surface area contributed by atoms with Crippen molar-refractivity contribution in [2.45, 2.75) is 40.2 Å². The molecular formula is C15H22N4. The van der Waals surface area contributed by atoms with E-state index in [-0.39, 0.29) is 0 Å². The first-order valence-electron chi connectivity index (χ1n) is 6.86. The second-order valence-electron chi connectivity index (χ2n) is 5.23. The van der Waals surface area contributed by atoms with Gasteiger partial charge in [0.15, 0.2) is 5.82 Å². The number of aryl methyl sites for hydroxylation is 1. The summed E-state index contributed by atoms with van der Waals surface area (Å²) in [5.74, 6) is 2.19. The van der Waals surface area contributed by atoms with Crippen LogP contribution in [0, 0.1) is 12.8 Å². The van der Waals surface area contributed by atoms with Gasteiger partial charge in [0.2, 0.25) is 0 Å². The molecule has 0 saturated carbocycles. The van der Waals surface area contributed by atoms with Crippen LogP contribution in [0.15, 0.2) is 24.3 Å². The van der Waals surface area contributed by atoms with Crippen LogP contribution in [0.4, 0.5) is 5.69 Å². The van der Waals surface area contributed by atoms with E-state index in [4.69, 9.17) is 0 Å². The van der Waals surface area contributed by atoms with Gasteiger partial charge in [-0.25, -0.2) is 4.98 Å². The van der Waals surface area contributed by atoms with Gasteiger partial charge in [0.25, 0.3) is 0 Å². The van der Waals surface area contributed by atoms with Gasteiger partial charge >= 0.3 is 0 Å². The van der Waals surface area contributed by atoms with Gasteiger partial charge in [-0.05, 0) is 31.4 Å². The fourth-order valence-corrected chi connectivity index (χ4v) is 2.17. The molecule has 0 bridgehead atoms. The highest BCUT2D eigenvalue weighted by atomic mass is 15.2. The number of anilines is 1. The van der Waals surface area contributed by atoms with Crippen molar-refractivity contribution in [1.82, 2.24) is 15.2 Å². The lowest BCUT2D eigenvalue weighted by Crippen LogP contribution is -2.24. The van der Waals surface area contributed by atoms with E-state index >= 15 is 0 Å². The maximum Gasteiger partial charge on any atom is 0.181 e. The lowest BCUT2D eigenvalue weighted by molar-refractivity contribution is 0.511. The third-order valence-electron chi connectivity index (χ3n) is 3.31. The number of nitrogens with one attached hydrogen (secondary N) is 2. The van der Waals surface area contributed by atoms with Crippen molar-refractivity contribution in [1.29, 1.82) is 0 Å². The van der Waals surface area contributed by atoms with Crippen molar-refractivity contribution in [3.05, 3.63) is 30.1 Å². The summed E-state index contributed by atoms with van der Waals surface area (Å²) in [4.78, 5) is 4.36. The van der Waals surface area contributed by atoms with E-state index in [9.17, 15) is 0 Å². The molecule has 0 radical (unpaired) electrons. The normalized spacial score (nSPS) is 12.7. The van der Waals surface area contributed by atoms with Gasteiger partial charge in [-0.15, -0.1) is 0 Å². The third kappa shape index (κ3) is 3.34. The van der Waals surface area contributed by atoms with Crippen LogP contribution in [0.3, 0.4) is 0 Å². The number of H-pyrrole nitrogens is 1. The van der Waals surface area contributed by atoms with Gasteiger partial charge in [0.1, 0.15) is 5.82 Å². The first-order valence-corrected chi connectivity index (χ1v) is 6.86. The van der Waals surface area contributed by atoms with E-state index in [1.807, 2.05) is 19.1 Å². The summed E-state index contributed by atoms with van der Waals surface area (Å²) < 4.78 is 0. The van der Waals surface area contributed by atoms with Crippen molar-refractivity contribution in [2.75, 3.05) is 5.32 Å². The van der Waals surface area contributed by atoms with Crippen LogP contribution in [0.1, 0.15) is 33.0 Å². The Balaban J connectivity index is 2.20. The molecule has 1 aromatic carbocycles. The number of benzene rings is 1. The van der Waals surface area contributed by atoms with Gasteiger partial charge in [-0.3, -0.25) is 5.10 Å². The second-order valence-corrected chi connectivity index (χ2v) is 5.23. The molecule has 0 aliphatic carbocycles. The molecule has 0 aliphatic heterocycles. The van der Waals surface area contributed by atoms with E-state index < -0.39 is 0 Å². The van der Waals surface area contributed by atoms with Gasteiger partial charge in [0.05, 0.1) is 0 Å². The average molecular weight is 258 g/mol. The molecule has 1 unspecified atom stereocenters. The highest BCUT2D eigenvalue weighted by molar-refractivity contribution is 5.62. The minimum Gasteiger partial charge on any atom is -0.382 e. The number of aromatic nitrogens is 3. The Morgan fingerprint density at radius 2 is 2.11 bits per heavy atom. The van der Waals surface area contributed by atoms with Crippen LogP contribution < -0.4 is 5.32 Å². The highest BCUT2D eigenvalue weighted by Gasteiger charge is 2.11. The largest absolute Gasteiger partial charge is 0.382 e. The summed E-state index contributed by atoms with van der Waals surface area (Å²) in [6.07, 6.45) is 1.11. The Labute approximate surface area is 114 Å². The van der Waals surface area contributed by atoms with Crippen LogP contribution in [0.25, 0.3) is 11.4 Å². The maximum atomic E-state index is 4.36. The molecule has 0 aliphatic rings. The minimum atomic E-state index is 0.490. The van der Waals surface area contributed by atoms with Gasteiger partial charge in [-0.1, -0.05) is 32.9 Å². The first-order chi connectivity index (χ1) is 9.10. The Bertz CT molecular complexity index is 530. The number of rotatable bonds is 5. The average Bonchev–Trinajstić information content (AvgIpc) is 2.82. The van der Waals surface area contributed by atoms with Crippen molar-refractivity contribution in [3.8, 4) is 11.4 Å². The predicted molar refractivity (Wildman–Crippen MR) is 79.1 cm³/mol. The zero-order chi connectivity index (χ0) is 13.8. The Morgan fingerprint density at radius 3 is 2.68 bits per heavy atom. The molecule has 1 atom stereocenters. The Morgan fingerprint density at radius 1 is 1.32 bits per heavy atom. The van der Waals surface area contributed by atoms with Crippen LogP contribution in [-0.4, -0.2) is 21.2 Å². The fourth-order valence-electron chi connectivity index (χ4n) is 2.17. The number of hydrogen-bond donors (Lipinski definition) is 2. The second kappa shape index (κ2) is 5.87. The molecule has 2 rings (SSSR count). The van der Waals surface area contributed by atoms with E-state index in [0.29, 0.717) is 12.0 Å². The van der Waals surface area contributed by atoms with E-state index in [1.165, 1.54) is 0 Å². The van der Waals surface area contributed by atoms with E-state index in [0.717, 1.165) is 29.3 Å². The molecule has 1 aromatic heterocycles. The van der Waals surface area contributed by atoms with Gasteiger partial charge in [-0.2, -0.15) is 5.10 Å². The van der Waals surface area contributed by atoms with Crippen molar-refractivity contribution < 1.29 is 0 Å². The summed E-state index contributed by atoms with van der Waals surface area (Å²) in [6, 6.07) is 8.76. The van der Waals surface area contributed by atoms with Crippen molar-refractivity contribution in [3.63, 3.8) is 0 Å². The SMILES string of the molecule is CCC(Nc1cccc(-c2n[nH]c(C)n2)c1)C(C)C. The minimum absolute atomic E-state index is 0.490. The standard InChI is InChI=1S/C15H22N4/c1-5-14(10(2)3)17-13-8-6-7-12(9-13)15-16-11(4)18-19-15/h6-10,14,17H,5H2,1-4H3,(H,16,18,19). The van der Waals surface area contributed by atoms with Crippen molar-refractivity contribution in [2.24, 2.45) is 5.92 Å².